The van der Waals surface area contributed by atoms with E-state index in [1.807, 2.05) is 24.3 Å². The maximum Gasteiger partial charge on any atom is 0.415 e. The molecule has 2 heterocycles. The van der Waals surface area contributed by atoms with Crippen molar-refractivity contribution < 1.29 is 23.1 Å². The predicted molar refractivity (Wildman–Crippen MR) is 134 cm³/mol. The van der Waals surface area contributed by atoms with Crippen LogP contribution in [0.25, 0.3) is 0 Å². The van der Waals surface area contributed by atoms with Crippen LogP contribution in [0.15, 0.2) is 36.5 Å². The number of rotatable bonds is 7. The summed E-state index contributed by atoms with van der Waals surface area (Å²) < 4.78 is 38.3. The Bertz CT molecular complexity index is 1210. The molecule has 1 aromatic carbocycles. The van der Waals surface area contributed by atoms with Gasteiger partial charge < -0.3 is 21.5 Å². The molecule has 0 spiro atoms. The Labute approximate surface area is 217 Å². The first-order valence-electron chi connectivity index (χ1n) is 12.2. The minimum atomic E-state index is -4.63. The van der Waals surface area contributed by atoms with Crippen LogP contribution in [0.2, 0.25) is 5.02 Å². The first-order chi connectivity index (χ1) is 17.6. The lowest BCUT2D eigenvalue weighted by molar-refractivity contribution is -0.208. The first kappa shape index (κ1) is 25.7. The lowest BCUT2D eigenvalue weighted by Crippen LogP contribution is -2.41. The topological polar surface area (TPSA) is 116 Å². The molecule has 198 valence electrons. The summed E-state index contributed by atoms with van der Waals surface area (Å²) in [7, 11) is 0. The Kier molecular flexibility index (Phi) is 7.03. The minimum Gasteiger partial charge on any atom is -0.382 e. The van der Waals surface area contributed by atoms with Gasteiger partial charge in [-0.05, 0) is 54.4 Å². The third-order valence-electron chi connectivity index (χ3n) is 7.50. The molecule has 1 aliphatic heterocycles. The largest absolute Gasteiger partial charge is 0.415 e. The quantitative estimate of drug-likeness (QED) is 0.401. The second-order valence-corrected chi connectivity index (χ2v) is 10.3. The summed E-state index contributed by atoms with van der Waals surface area (Å²) in [6.45, 7) is 0.410. The highest BCUT2D eigenvalue weighted by Gasteiger charge is 2.47. The number of benzene rings is 1. The fourth-order valence-corrected chi connectivity index (χ4v) is 5.75. The smallest absolute Gasteiger partial charge is 0.382 e. The van der Waals surface area contributed by atoms with Gasteiger partial charge in [0.05, 0.1) is 12.1 Å². The van der Waals surface area contributed by atoms with Gasteiger partial charge in [-0.15, -0.1) is 0 Å². The number of aliphatic hydroxyl groups is 1. The average Bonchev–Trinajstić information content (AvgIpc) is 3.38. The number of hydrogen-bond donors (Lipinski definition) is 4. The molecule has 0 saturated heterocycles. The highest BCUT2D eigenvalue weighted by molar-refractivity contribution is 6.32. The molecule has 5 atom stereocenters. The van der Waals surface area contributed by atoms with E-state index in [9.17, 15) is 23.1 Å². The molecule has 2 aromatic rings. The molecule has 3 aliphatic rings. The number of carbonyl (C=O) groups is 1. The van der Waals surface area contributed by atoms with Crippen LogP contribution >= 0.6 is 11.6 Å². The van der Waals surface area contributed by atoms with Crippen molar-refractivity contribution in [2.45, 2.75) is 37.6 Å². The Morgan fingerprint density at radius 1 is 1.22 bits per heavy atom. The van der Waals surface area contributed by atoms with Crippen LogP contribution in [0.1, 0.15) is 17.5 Å². The summed E-state index contributed by atoms with van der Waals surface area (Å²) in [4.78, 5) is 22.5. The Hall–Kier alpha value is -2.89. The minimum absolute atomic E-state index is 0.116. The van der Waals surface area contributed by atoms with E-state index >= 15 is 0 Å². The van der Waals surface area contributed by atoms with Crippen LogP contribution < -0.4 is 16.4 Å². The number of nitrogens with one attached hydrogen (secondary N) is 2. The maximum atomic E-state index is 12.8. The Morgan fingerprint density at radius 3 is 2.68 bits per heavy atom. The second kappa shape index (κ2) is 10.1. The number of carbonyl (C=O) groups excluding carboxylic acids is 1. The van der Waals surface area contributed by atoms with E-state index in [-0.39, 0.29) is 29.7 Å². The van der Waals surface area contributed by atoms with E-state index < -0.39 is 18.8 Å². The third-order valence-corrected chi connectivity index (χ3v) is 7.78. The van der Waals surface area contributed by atoms with E-state index in [2.05, 4.69) is 26.7 Å². The zero-order valence-corrected chi connectivity index (χ0v) is 20.6. The number of aromatic nitrogens is 2. The highest BCUT2D eigenvalue weighted by Crippen LogP contribution is 2.45. The van der Waals surface area contributed by atoms with Gasteiger partial charge in [-0.2, -0.15) is 18.2 Å². The first-order valence-corrected chi connectivity index (χ1v) is 12.6. The van der Waals surface area contributed by atoms with Gasteiger partial charge in [0.15, 0.2) is 11.9 Å². The number of alkyl halides is 3. The third kappa shape index (κ3) is 5.53. The summed E-state index contributed by atoms with van der Waals surface area (Å²) in [5, 5.41) is 16.2. The van der Waals surface area contributed by atoms with Crippen LogP contribution in [-0.4, -0.2) is 63.8 Å². The molecule has 12 heteroatoms. The van der Waals surface area contributed by atoms with Gasteiger partial charge in [0.2, 0.25) is 11.9 Å². The van der Waals surface area contributed by atoms with Crippen molar-refractivity contribution in [2.75, 3.05) is 30.3 Å². The van der Waals surface area contributed by atoms with Crippen LogP contribution in [0.5, 0.6) is 0 Å². The number of amides is 1. The number of fused-ring (bicyclic) bond motifs is 3. The monoisotopic (exact) mass is 536 g/mol. The van der Waals surface area contributed by atoms with Crippen molar-refractivity contribution in [1.29, 1.82) is 0 Å². The fourth-order valence-electron chi connectivity index (χ4n) is 5.60. The molecule has 0 unspecified atom stereocenters. The van der Waals surface area contributed by atoms with Crippen LogP contribution in [0.3, 0.4) is 0 Å². The number of anilines is 3. The average molecular weight is 537 g/mol. The molecule has 2 aliphatic carbocycles. The number of primary amides is 1. The molecule has 5 N–H and O–H groups in total. The molecular weight excluding hydrogens is 509 g/mol. The number of β-amino-alcohol motifs (C(OH)–C–C–N with tert-alkyl or cyclic N) is 1. The number of allylic oxidation sites excluding steroid dienone is 1. The summed E-state index contributed by atoms with van der Waals surface area (Å²) in [5.41, 5.74) is 8.46. The molecule has 1 fully saturated rings. The lowest BCUT2D eigenvalue weighted by Gasteiger charge is -2.27. The number of nitrogens with zero attached hydrogens (tertiary/aromatic N) is 3. The van der Waals surface area contributed by atoms with Crippen LogP contribution in [0, 0.1) is 17.8 Å². The van der Waals surface area contributed by atoms with Gasteiger partial charge in [0, 0.05) is 31.4 Å². The van der Waals surface area contributed by atoms with E-state index in [0.29, 0.717) is 42.7 Å². The van der Waals surface area contributed by atoms with Crippen molar-refractivity contribution in [2.24, 2.45) is 23.5 Å². The van der Waals surface area contributed by atoms with E-state index in [1.165, 1.54) is 6.20 Å². The van der Waals surface area contributed by atoms with Gasteiger partial charge >= 0.3 is 6.18 Å². The van der Waals surface area contributed by atoms with E-state index in [4.69, 9.17) is 17.3 Å². The summed E-state index contributed by atoms with van der Waals surface area (Å²) in [6.07, 6.45) is 0.636. The summed E-state index contributed by atoms with van der Waals surface area (Å²) in [6, 6.07) is 5.55. The van der Waals surface area contributed by atoms with Crippen molar-refractivity contribution in [3.8, 4) is 0 Å². The Morgan fingerprint density at radius 2 is 1.95 bits per heavy atom. The molecule has 2 bridgehead atoms. The number of hydrogen-bond acceptors (Lipinski definition) is 7. The van der Waals surface area contributed by atoms with Crippen molar-refractivity contribution in [1.82, 2.24) is 14.9 Å². The lowest BCUT2D eigenvalue weighted by atomic mass is 9.88. The second-order valence-electron chi connectivity index (χ2n) is 9.90. The zero-order valence-electron chi connectivity index (χ0n) is 19.9. The van der Waals surface area contributed by atoms with Gasteiger partial charge in [0.25, 0.3) is 0 Å². The van der Waals surface area contributed by atoms with Gasteiger partial charge in [-0.1, -0.05) is 29.8 Å². The van der Waals surface area contributed by atoms with Crippen molar-refractivity contribution in [3.05, 3.63) is 52.7 Å². The molecule has 37 heavy (non-hydrogen) atoms. The van der Waals surface area contributed by atoms with Gasteiger partial charge in [-0.25, -0.2) is 4.98 Å². The molecule has 0 radical (unpaired) electrons. The number of halogens is 4. The standard InChI is InChI=1S/C25H28ClF3N6O2/c26-18-11-31-24(34-23(18)33-21-16-2-1-15(9-16)20(21)22(30)37)32-17-4-3-13-5-7-35(8-6-14(13)10-17)12-19(36)25(27,28)29/h1-4,10-11,15-16,19-21,36H,5-9,12H2,(H2,30,37)(H2,31,32,33,34)/t15-,16+,19+,20+,21-/m0/s1. The van der Waals surface area contributed by atoms with Gasteiger partial charge in [-0.3, -0.25) is 9.69 Å². The highest BCUT2D eigenvalue weighted by atomic mass is 35.5. The molecular formula is C25H28ClF3N6O2. The molecule has 1 aromatic heterocycles. The van der Waals surface area contributed by atoms with Crippen LogP contribution in [-0.2, 0) is 17.6 Å². The maximum absolute atomic E-state index is 12.8. The SMILES string of the molecule is NC(=O)[C@H]1[C@@H](Nc2nc(Nc3ccc4c(c3)CCN(C[C@@H](O)C(F)(F)F)CC4)ncc2Cl)[C@@H]2C=C[C@H]1C2. The normalized spacial score (nSPS) is 26.0. The zero-order chi connectivity index (χ0) is 26.3. The summed E-state index contributed by atoms with van der Waals surface area (Å²) >= 11 is 6.36. The summed E-state index contributed by atoms with van der Waals surface area (Å²) in [5.74, 6) is 0.319. The predicted octanol–water partition coefficient (Wildman–Crippen LogP) is 3.29. The van der Waals surface area contributed by atoms with E-state index in [1.54, 1.807) is 4.90 Å². The number of nitrogens with two attached hydrogens (primary N) is 1. The number of aliphatic hydroxyl groups excluding tert-OH is 1. The fraction of sp³-hybridized carbons (Fsp3) is 0.480. The molecule has 1 amide bonds. The van der Waals surface area contributed by atoms with Crippen LogP contribution in [0.4, 0.5) is 30.6 Å². The van der Waals surface area contributed by atoms with Crippen molar-refractivity contribution in [3.63, 3.8) is 0 Å². The van der Waals surface area contributed by atoms with E-state index in [0.717, 1.165) is 23.2 Å². The van der Waals surface area contributed by atoms with Gasteiger partial charge in [0.1, 0.15) is 5.02 Å². The molecule has 8 nitrogen and oxygen atoms in total. The Balaban J connectivity index is 1.27. The molecule has 5 rings (SSSR count). The molecule has 1 saturated carbocycles. The van der Waals surface area contributed by atoms with Crippen molar-refractivity contribution >= 4 is 35.0 Å².